The lowest BCUT2D eigenvalue weighted by Gasteiger charge is -2.20. The lowest BCUT2D eigenvalue weighted by Crippen LogP contribution is -2.31. The van der Waals surface area contributed by atoms with Gasteiger partial charge in [-0.15, -0.1) is 0 Å². The van der Waals surface area contributed by atoms with Gasteiger partial charge in [0.05, 0.1) is 20.1 Å². The quantitative estimate of drug-likeness (QED) is 0.548. The molecule has 0 radical (unpaired) electrons. The average Bonchev–Trinajstić information content (AvgIpc) is 2.27. The van der Waals surface area contributed by atoms with Crippen molar-refractivity contribution < 1.29 is 19.4 Å². The Morgan fingerprint density at radius 3 is 2.53 bits per heavy atom. The van der Waals surface area contributed by atoms with E-state index in [0.29, 0.717) is 26.0 Å². The highest BCUT2D eigenvalue weighted by atomic mass is 16.5. The van der Waals surface area contributed by atoms with Gasteiger partial charge in [0, 0.05) is 33.4 Å². The van der Waals surface area contributed by atoms with E-state index < -0.39 is 0 Å². The second-order valence-corrected chi connectivity index (χ2v) is 3.24. The van der Waals surface area contributed by atoms with Crippen molar-refractivity contribution in [2.45, 2.75) is 12.8 Å². The Labute approximate surface area is 91.0 Å². The maximum absolute atomic E-state index is 10.9. The minimum atomic E-state index is -0.207. The first kappa shape index (κ1) is 14.3. The van der Waals surface area contributed by atoms with Crippen molar-refractivity contribution in [2.75, 3.05) is 47.1 Å². The van der Waals surface area contributed by atoms with Crippen LogP contribution in [0.1, 0.15) is 12.8 Å². The van der Waals surface area contributed by atoms with Gasteiger partial charge in [0.1, 0.15) is 0 Å². The second kappa shape index (κ2) is 9.89. The van der Waals surface area contributed by atoms with Crippen molar-refractivity contribution in [1.82, 2.24) is 4.90 Å². The zero-order chi connectivity index (χ0) is 11.5. The predicted molar refractivity (Wildman–Crippen MR) is 56.7 cm³/mol. The molecule has 0 aromatic carbocycles. The van der Waals surface area contributed by atoms with Gasteiger partial charge in [0.2, 0.25) is 0 Å². The number of aliphatic hydroxyl groups is 1. The third-order valence-corrected chi connectivity index (χ3v) is 2.10. The molecule has 0 aromatic rings. The fourth-order valence-electron chi connectivity index (χ4n) is 1.20. The minimum absolute atomic E-state index is 0.168. The summed E-state index contributed by atoms with van der Waals surface area (Å²) in [6, 6.07) is 0. The van der Waals surface area contributed by atoms with E-state index in [4.69, 9.17) is 9.84 Å². The Balaban J connectivity index is 3.72. The number of nitrogens with zero attached hydrogens (tertiary/aromatic N) is 1. The van der Waals surface area contributed by atoms with Crippen molar-refractivity contribution in [3.63, 3.8) is 0 Å². The Bertz CT molecular complexity index is 156. The number of ether oxygens (including phenoxy) is 2. The first-order valence-corrected chi connectivity index (χ1v) is 5.13. The molecule has 0 heterocycles. The molecule has 0 aromatic heterocycles. The van der Waals surface area contributed by atoms with Gasteiger partial charge in [0.25, 0.3) is 0 Å². The van der Waals surface area contributed by atoms with E-state index in [-0.39, 0.29) is 12.6 Å². The topological polar surface area (TPSA) is 59.0 Å². The number of carbonyl (C=O) groups is 1. The SMILES string of the molecule is COCCN(CCCO)CCC(=O)OC. The van der Waals surface area contributed by atoms with Gasteiger partial charge < -0.3 is 19.5 Å². The Morgan fingerprint density at radius 1 is 1.27 bits per heavy atom. The lowest BCUT2D eigenvalue weighted by molar-refractivity contribution is -0.141. The summed E-state index contributed by atoms with van der Waals surface area (Å²) in [5.41, 5.74) is 0. The standard InChI is InChI=1S/C10H21NO4/c1-14-9-7-11(5-3-8-12)6-4-10(13)15-2/h12H,3-9H2,1-2H3. The van der Waals surface area contributed by atoms with Gasteiger partial charge in [-0.25, -0.2) is 0 Å². The highest BCUT2D eigenvalue weighted by molar-refractivity contribution is 5.69. The zero-order valence-electron chi connectivity index (χ0n) is 9.57. The molecule has 0 amide bonds. The molecule has 15 heavy (non-hydrogen) atoms. The van der Waals surface area contributed by atoms with Gasteiger partial charge in [-0.2, -0.15) is 0 Å². The monoisotopic (exact) mass is 219 g/mol. The highest BCUT2D eigenvalue weighted by Crippen LogP contribution is 1.95. The molecule has 0 saturated carbocycles. The number of rotatable bonds is 9. The molecule has 5 nitrogen and oxygen atoms in total. The van der Waals surface area contributed by atoms with E-state index in [9.17, 15) is 4.79 Å². The van der Waals surface area contributed by atoms with Crippen LogP contribution in [0.15, 0.2) is 0 Å². The summed E-state index contributed by atoms with van der Waals surface area (Å²) >= 11 is 0. The van der Waals surface area contributed by atoms with Crippen molar-refractivity contribution in [2.24, 2.45) is 0 Å². The smallest absolute Gasteiger partial charge is 0.306 e. The summed E-state index contributed by atoms with van der Waals surface area (Å²) in [5, 5.41) is 8.71. The molecule has 0 unspecified atom stereocenters. The average molecular weight is 219 g/mol. The van der Waals surface area contributed by atoms with Gasteiger partial charge in [-0.05, 0) is 6.42 Å². The van der Waals surface area contributed by atoms with Crippen LogP contribution in [-0.4, -0.2) is 63.0 Å². The van der Waals surface area contributed by atoms with Crippen LogP contribution in [0, 0.1) is 0 Å². The van der Waals surface area contributed by atoms with Crippen LogP contribution >= 0.6 is 0 Å². The highest BCUT2D eigenvalue weighted by Gasteiger charge is 2.07. The van der Waals surface area contributed by atoms with E-state index in [1.54, 1.807) is 7.11 Å². The molecule has 1 N–H and O–H groups in total. The minimum Gasteiger partial charge on any atom is -0.469 e. The number of methoxy groups -OCH3 is 2. The maximum atomic E-state index is 10.9. The van der Waals surface area contributed by atoms with E-state index >= 15 is 0 Å². The largest absolute Gasteiger partial charge is 0.469 e. The molecule has 0 fully saturated rings. The number of esters is 1. The van der Waals surface area contributed by atoms with Crippen LogP contribution in [0.5, 0.6) is 0 Å². The number of aliphatic hydroxyl groups excluding tert-OH is 1. The first-order valence-electron chi connectivity index (χ1n) is 5.13. The van der Waals surface area contributed by atoms with Crippen molar-refractivity contribution in [1.29, 1.82) is 0 Å². The van der Waals surface area contributed by atoms with Gasteiger partial charge in [0.15, 0.2) is 0 Å². The number of carbonyl (C=O) groups excluding carboxylic acids is 1. The van der Waals surface area contributed by atoms with Gasteiger partial charge in [-0.3, -0.25) is 4.79 Å². The fourth-order valence-corrected chi connectivity index (χ4v) is 1.20. The van der Waals surface area contributed by atoms with Crippen LogP contribution in [-0.2, 0) is 14.3 Å². The molecule has 0 atom stereocenters. The van der Waals surface area contributed by atoms with E-state index in [2.05, 4.69) is 9.64 Å². The summed E-state index contributed by atoms with van der Waals surface area (Å²) in [6.45, 7) is 2.99. The molecule has 0 aliphatic carbocycles. The van der Waals surface area contributed by atoms with Crippen LogP contribution < -0.4 is 0 Å². The van der Waals surface area contributed by atoms with Gasteiger partial charge >= 0.3 is 5.97 Å². The molecule has 0 aliphatic heterocycles. The third kappa shape index (κ3) is 8.35. The number of hydrogen-bond donors (Lipinski definition) is 1. The summed E-state index contributed by atoms with van der Waals surface area (Å²) in [6.07, 6.45) is 1.09. The normalized spacial score (nSPS) is 10.7. The van der Waals surface area contributed by atoms with E-state index in [1.807, 2.05) is 0 Å². The molecule has 0 saturated heterocycles. The van der Waals surface area contributed by atoms with Crippen LogP contribution in [0.4, 0.5) is 0 Å². The molecule has 5 heteroatoms. The zero-order valence-corrected chi connectivity index (χ0v) is 9.57. The Hall–Kier alpha value is -0.650. The molecule has 0 rings (SSSR count). The van der Waals surface area contributed by atoms with E-state index in [0.717, 1.165) is 13.1 Å². The molecular formula is C10H21NO4. The molecule has 0 spiro atoms. The van der Waals surface area contributed by atoms with Crippen LogP contribution in [0.25, 0.3) is 0 Å². The maximum Gasteiger partial charge on any atom is 0.306 e. The van der Waals surface area contributed by atoms with E-state index in [1.165, 1.54) is 7.11 Å². The Kier molecular flexibility index (Phi) is 9.46. The molecule has 90 valence electrons. The fraction of sp³-hybridized carbons (Fsp3) is 0.900. The van der Waals surface area contributed by atoms with Crippen molar-refractivity contribution >= 4 is 5.97 Å². The summed E-state index contributed by atoms with van der Waals surface area (Å²) < 4.78 is 9.53. The first-order chi connectivity index (χ1) is 7.24. The Morgan fingerprint density at radius 2 is 2.00 bits per heavy atom. The lowest BCUT2D eigenvalue weighted by atomic mass is 10.3. The summed E-state index contributed by atoms with van der Waals surface area (Å²) in [7, 11) is 3.03. The molecule has 0 bridgehead atoms. The summed E-state index contributed by atoms with van der Waals surface area (Å²) in [4.78, 5) is 13.0. The van der Waals surface area contributed by atoms with Crippen LogP contribution in [0.2, 0.25) is 0 Å². The van der Waals surface area contributed by atoms with Gasteiger partial charge in [-0.1, -0.05) is 0 Å². The second-order valence-electron chi connectivity index (χ2n) is 3.24. The molecule has 0 aliphatic rings. The van der Waals surface area contributed by atoms with Crippen LogP contribution in [0.3, 0.4) is 0 Å². The van der Waals surface area contributed by atoms with Crippen molar-refractivity contribution in [3.05, 3.63) is 0 Å². The molecular weight excluding hydrogens is 198 g/mol. The predicted octanol–water partition coefficient (Wildman–Crippen LogP) is -0.120. The van der Waals surface area contributed by atoms with Crippen molar-refractivity contribution in [3.8, 4) is 0 Å². The summed E-state index contributed by atoms with van der Waals surface area (Å²) in [5.74, 6) is -0.207. The number of hydrogen-bond acceptors (Lipinski definition) is 5. The third-order valence-electron chi connectivity index (χ3n) is 2.10.